The highest BCUT2D eigenvalue weighted by molar-refractivity contribution is 9.10. The van der Waals surface area contributed by atoms with Gasteiger partial charge in [0.1, 0.15) is 5.75 Å². The van der Waals surface area contributed by atoms with E-state index >= 15 is 0 Å². The lowest BCUT2D eigenvalue weighted by atomic mass is 9.92. The first-order valence-corrected chi connectivity index (χ1v) is 37.3. The molecule has 4 aliphatic heterocycles. The van der Waals surface area contributed by atoms with Gasteiger partial charge in [-0.2, -0.15) is 9.97 Å². The fraction of sp³-hybridized carbons (Fsp3) is 0.0612. The van der Waals surface area contributed by atoms with Crippen LogP contribution in [-0.2, 0) is 19.4 Å². The van der Waals surface area contributed by atoms with Crippen molar-refractivity contribution in [2.45, 2.75) is 40.7 Å². The first-order chi connectivity index (χ1) is 53.7. The SMILES string of the molecule is Brc1cc2c3c(cccc3c1)CN=C2.C.C1=CN(c2nc(-c3ccccc3)nc(-c3ccccc3)n2)c2cccc3c4c(cc1c23)-c1ccccc1C4.C1=Cc2cc3c(c4cccc(c24)N1)Cc1ccccc1-3.Cc1ccccc1-c1cc2c3c(cccc3c1)NC=C2.Cc1ccccc1O[B]O.Nc1ccccc1. The molecule has 5 heterocycles. The van der Waals surface area contributed by atoms with E-state index in [1.165, 1.54) is 143 Å². The van der Waals surface area contributed by atoms with Gasteiger partial charge in [-0.05, 0) is 234 Å². The smallest absolute Gasteiger partial charge is 0.537 e. The number of aryl methyl sites for hydroxylation is 2. The van der Waals surface area contributed by atoms with Crippen molar-refractivity contribution in [3.8, 4) is 61.9 Å². The summed E-state index contributed by atoms with van der Waals surface area (Å²) in [6.45, 7) is 4.89. The van der Waals surface area contributed by atoms with E-state index in [1.807, 2.05) is 135 Å². The van der Waals surface area contributed by atoms with E-state index in [0.717, 1.165) is 51.9 Å². The Labute approximate surface area is 650 Å². The van der Waals surface area contributed by atoms with Crippen molar-refractivity contribution in [2.75, 3.05) is 21.3 Å². The monoisotopic (exact) mass is 1490 g/mol. The van der Waals surface area contributed by atoms with E-state index in [1.54, 1.807) is 6.07 Å². The van der Waals surface area contributed by atoms with Crippen LogP contribution in [0, 0.1) is 13.8 Å². The third-order valence-corrected chi connectivity index (χ3v) is 21.0. The summed E-state index contributed by atoms with van der Waals surface area (Å²) in [5, 5.41) is 25.5. The Bertz CT molecular complexity index is 6240. The molecule has 5 N–H and O–H groups in total. The Morgan fingerprint density at radius 2 is 0.955 bits per heavy atom. The number of rotatable bonds is 6. The highest BCUT2D eigenvalue weighted by Gasteiger charge is 2.28. The number of halogens is 1. The normalized spacial score (nSPS) is 12.4. The van der Waals surface area contributed by atoms with Gasteiger partial charge in [0.2, 0.25) is 5.95 Å². The molecule has 0 saturated heterocycles. The quantitative estimate of drug-likeness (QED) is 0.0948. The van der Waals surface area contributed by atoms with Gasteiger partial charge >= 0.3 is 7.69 Å². The molecule has 0 fully saturated rings. The number of nitrogens with two attached hydrogens (primary N) is 1. The molecule has 6 aliphatic rings. The summed E-state index contributed by atoms with van der Waals surface area (Å²) >= 11 is 3.51. The summed E-state index contributed by atoms with van der Waals surface area (Å²) in [6, 6.07) is 103. The second-order valence-corrected chi connectivity index (χ2v) is 28.3. The molecule has 15 aromatic carbocycles. The summed E-state index contributed by atoms with van der Waals surface area (Å²) in [4.78, 5) is 21.2. The molecule has 10 nitrogen and oxygen atoms in total. The zero-order valence-corrected chi connectivity index (χ0v) is 61.7. The fourth-order valence-corrected chi connectivity index (χ4v) is 16.0. The summed E-state index contributed by atoms with van der Waals surface area (Å²) in [5.41, 5.74) is 34.1. The highest BCUT2D eigenvalue weighted by Crippen LogP contribution is 2.48. The van der Waals surface area contributed by atoms with Crippen LogP contribution in [0.4, 0.5) is 28.7 Å². The predicted molar refractivity (Wildman–Crippen MR) is 466 cm³/mol. The third kappa shape index (κ3) is 14.4. The van der Waals surface area contributed by atoms with Crippen molar-refractivity contribution in [1.82, 2.24) is 15.0 Å². The lowest BCUT2D eigenvalue weighted by Gasteiger charge is -2.26. The Balaban J connectivity index is 0.000000109. The van der Waals surface area contributed by atoms with Gasteiger partial charge in [0.05, 0.1) is 12.2 Å². The molecule has 1 radical (unpaired) electrons. The number of fused-ring (bicyclic) bond motifs is 8. The average molecular weight is 1490 g/mol. The zero-order valence-electron chi connectivity index (χ0n) is 60.1. The van der Waals surface area contributed by atoms with Crippen molar-refractivity contribution in [2.24, 2.45) is 4.99 Å². The third-order valence-electron chi connectivity index (χ3n) is 20.6. The number of nitrogens with one attached hydrogen (secondary N) is 2. The number of anilines is 5. The van der Waals surface area contributed by atoms with Crippen molar-refractivity contribution < 1.29 is 9.68 Å². The summed E-state index contributed by atoms with van der Waals surface area (Å²) in [5.74, 6) is 2.61. The molecule has 1 aromatic heterocycles. The van der Waals surface area contributed by atoms with Crippen LogP contribution in [0.5, 0.6) is 5.75 Å². The molecule has 110 heavy (non-hydrogen) atoms. The molecule has 0 spiro atoms. The molecular weight excluding hydrogens is 1410 g/mol. The number of para-hydroxylation sites is 2. The van der Waals surface area contributed by atoms with Crippen LogP contribution < -0.4 is 25.9 Å². The molecule has 0 amide bonds. The predicted octanol–water partition coefficient (Wildman–Crippen LogP) is 24.4. The minimum atomic E-state index is 0. The molecule has 0 atom stereocenters. The molecule has 22 rings (SSSR count). The first kappa shape index (κ1) is 71.0. The molecule has 0 bridgehead atoms. The van der Waals surface area contributed by atoms with E-state index in [4.69, 9.17) is 30.4 Å². The Kier molecular flexibility index (Phi) is 20.4. The van der Waals surface area contributed by atoms with Crippen molar-refractivity contribution in [3.63, 3.8) is 0 Å². The Morgan fingerprint density at radius 1 is 0.436 bits per heavy atom. The van der Waals surface area contributed by atoms with Gasteiger partial charge in [0.25, 0.3) is 0 Å². The van der Waals surface area contributed by atoms with Crippen LogP contribution >= 0.6 is 15.9 Å². The van der Waals surface area contributed by atoms with Crippen LogP contribution in [0.2, 0.25) is 0 Å². The number of hydrogen-bond donors (Lipinski definition) is 4. The lowest BCUT2D eigenvalue weighted by molar-refractivity contribution is 0.452. The maximum Gasteiger partial charge on any atom is 0.569 e. The maximum atomic E-state index is 8.30. The van der Waals surface area contributed by atoms with Gasteiger partial charge in [0.15, 0.2) is 11.6 Å². The number of nitrogen functional groups attached to an aromatic ring is 1. The Morgan fingerprint density at radius 3 is 1.57 bits per heavy atom. The van der Waals surface area contributed by atoms with Crippen molar-refractivity contribution in [1.29, 1.82) is 0 Å². The van der Waals surface area contributed by atoms with Crippen LogP contribution in [0.1, 0.15) is 68.6 Å². The zero-order chi connectivity index (χ0) is 73.7. The van der Waals surface area contributed by atoms with Crippen LogP contribution in [0.3, 0.4) is 0 Å². The number of nitrogens with zero attached hydrogens (tertiary/aromatic N) is 5. The molecule has 2 aliphatic carbocycles. The summed E-state index contributed by atoms with van der Waals surface area (Å²) < 4.78 is 5.88. The van der Waals surface area contributed by atoms with Crippen molar-refractivity contribution in [3.05, 3.63) is 382 Å². The summed E-state index contributed by atoms with van der Waals surface area (Å²) in [7, 11) is 0.683. The van der Waals surface area contributed by atoms with Gasteiger partial charge in [-0.25, -0.2) is 4.98 Å². The van der Waals surface area contributed by atoms with E-state index in [2.05, 4.69) is 250 Å². The van der Waals surface area contributed by atoms with Gasteiger partial charge in [-0.1, -0.05) is 248 Å². The number of aliphatic imine (C=N–C) groups is 1. The molecule has 16 aromatic rings. The fourth-order valence-electron chi connectivity index (χ4n) is 15.5. The van der Waals surface area contributed by atoms with Gasteiger partial charge in [0, 0.05) is 79.2 Å². The molecule has 0 saturated carbocycles. The Hall–Kier alpha value is -13.3. The minimum Gasteiger partial charge on any atom is -0.537 e. The standard InChI is InChI=1S/C34H22N4.C19H13N.C19H15N.C12H8BrN.C7H8BO2.C6H7N.CH4/c1-3-10-22(11-4-1)32-35-33(23-12-5-2-6-13-23)37-34(36-32)38-19-18-25-21-28-26-15-8-7-14-24(26)20-29(28)27-16-9-17-30(38)31(25)27;1-2-5-14-12(4-1)10-17-15-6-3-7-18-19(15)13(8-9-20-18)11-16(14)17;1-13-5-2-3-7-17(13)16-11-14-6-4-8-18-19(14)15(12-16)9-10-20-18;13-11-4-8-2-1-3-9-6-14-7-10(5-11)12(8)9;1-6-4-2-3-5-7(6)10-8-9;7-6-4-2-1-3-5-6;/h1-19,21H,20H2;1-9,11,20H,10H2;2-12,20H,1H3;1-5,7H,6H2;2-5,9H,1H3;1-5H,7H2;1H4. The van der Waals surface area contributed by atoms with Crippen LogP contribution in [0.15, 0.2) is 325 Å². The van der Waals surface area contributed by atoms with Gasteiger partial charge in [-0.15, -0.1) is 0 Å². The molecular formula is C98H77BBrN8O2. The number of benzene rings is 15. The van der Waals surface area contributed by atoms with E-state index in [-0.39, 0.29) is 7.43 Å². The second kappa shape index (κ2) is 31.7. The maximum absolute atomic E-state index is 8.30. The van der Waals surface area contributed by atoms with E-state index in [0.29, 0.717) is 31.0 Å². The molecule has 531 valence electrons. The lowest BCUT2D eigenvalue weighted by Crippen LogP contribution is -2.16. The molecule has 0 unspecified atom stereocenters. The second-order valence-electron chi connectivity index (χ2n) is 27.4. The summed E-state index contributed by atoms with van der Waals surface area (Å²) in [6.07, 6.45) is 16.6. The minimum absolute atomic E-state index is 0. The number of hydrogen-bond acceptors (Lipinski definition) is 10. The van der Waals surface area contributed by atoms with Gasteiger partial charge in [-0.3, -0.25) is 9.89 Å². The average Bonchev–Trinajstić information content (AvgIpc) is 1.51. The van der Waals surface area contributed by atoms with Crippen molar-refractivity contribution >= 4 is 120 Å². The van der Waals surface area contributed by atoms with E-state index in [9.17, 15) is 0 Å². The topological polar surface area (TPSA) is 134 Å². The van der Waals surface area contributed by atoms with Crippen LogP contribution in [-0.4, -0.2) is 33.9 Å². The number of aromatic nitrogens is 3. The van der Waals surface area contributed by atoms with E-state index < -0.39 is 0 Å². The van der Waals surface area contributed by atoms with Crippen LogP contribution in [0.25, 0.3) is 117 Å². The first-order valence-electron chi connectivity index (χ1n) is 36.5. The largest absolute Gasteiger partial charge is 0.569 e. The highest BCUT2D eigenvalue weighted by atomic mass is 79.9. The van der Waals surface area contributed by atoms with Gasteiger partial charge < -0.3 is 26.0 Å². The molecule has 12 heteroatoms.